The van der Waals surface area contributed by atoms with Crippen molar-refractivity contribution in [3.8, 4) is 16.9 Å². The SMILES string of the molecule is Cc1ccnc(C(C)C)c1-n1c(=O)nc(N2CCNCC2C)c2cc(C3CC3)c(-c3cc(C(=O)O)ccc3F)nc21. The molecule has 1 saturated carbocycles. The Balaban J connectivity index is 1.74. The minimum Gasteiger partial charge on any atom is -0.478 e. The number of carboxylic acids is 1. The normalized spacial score (nSPS) is 17.4. The lowest BCUT2D eigenvalue weighted by atomic mass is 9.98. The van der Waals surface area contributed by atoms with Gasteiger partial charge in [0.25, 0.3) is 0 Å². The Morgan fingerprint density at radius 2 is 1.95 bits per heavy atom. The van der Waals surface area contributed by atoms with E-state index in [1.54, 1.807) is 6.20 Å². The number of benzene rings is 1. The van der Waals surface area contributed by atoms with Crippen LogP contribution < -0.4 is 15.9 Å². The van der Waals surface area contributed by atoms with Gasteiger partial charge in [-0.2, -0.15) is 4.98 Å². The van der Waals surface area contributed by atoms with Crippen LogP contribution in [0.25, 0.3) is 28.0 Å². The summed E-state index contributed by atoms with van der Waals surface area (Å²) in [6.45, 7) is 10.2. The molecule has 2 N–H and O–H groups in total. The van der Waals surface area contributed by atoms with Crippen LogP contribution in [0.15, 0.2) is 41.3 Å². The number of hydrogen-bond donors (Lipinski definition) is 2. The second-order valence-electron chi connectivity index (χ2n) is 11.4. The highest BCUT2D eigenvalue weighted by atomic mass is 19.1. The third kappa shape index (κ3) is 4.76. The van der Waals surface area contributed by atoms with Crippen LogP contribution >= 0.6 is 0 Å². The van der Waals surface area contributed by atoms with Gasteiger partial charge >= 0.3 is 11.7 Å². The van der Waals surface area contributed by atoms with E-state index in [0.717, 1.165) is 48.8 Å². The van der Waals surface area contributed by atoms with Crippen molar-refractivity contribution in [2.45, 2.75) is 58.4 Å². The van der Waals surface area contributed by atoms with Crippen molar-refractivity contribution >= 4 is 22.8 Å². The van der Waals surface area contributed by atoms with Gasteiger partial charge in [-0.3, -0.25) is 4.98 Å². The van der Waals surface area contributed by atoms with Gasteiger partial charge in [-0.15, -0.1) is 0 Å². The van der Waals surface area contributed by atoms with E-state index < -0.39 is 17.5 Å². The van der Waals surface area contributed by atoms with Crippen LogP contribution in [0, 0.1) is 12.7 Å². The Kier molecular flexibility index (Phi) is 6.81. The zero-order chi connectivity index (χ0) is 29.0. The molecule has 1 aliphatic carbocycles. The van der Waals surface area contributed by atoms with Gasteiger partial charge in [-0.05, 0) is 80.0 Å². The number of carboxylic acid groups (broad SMARTS) is 1. The Morgan fingerprint density at radius 3 is 2.63 bits per heavy atom. The van der Waals surface area contributed by atoms with Crippen LogP contribution in [-0.4, -0.2) is 56.3 Å². The van der Waals surface area contributed by atoms with Crippen molar-refractivity contribution in [2.24, 2.45) is 0 Å². The van der Waals surface area contributed by atoms with Crippen LogP contribution in [0.5, 0.6) is 0 Å². The summed E-state index contributed by atoms with van der Waals surface area (Å²) in [5.74, 6) is -0.986. The van der Waals surface area contributed by atoms with Gasteiger partial charge < -0.3 is 15.3 Å². The fourth-order valence-electron chi connectivity index (χ4n) is 5.77. The first kappa shape index (κ1) is 27.0. The number of carbonyl (C=O) groups is 1. The third-order valence-corrected chi connectivity index (χ3v) is 8.06. The number of aromatic carboxylic acids is 1. The number of pyridine rings is 2. The number of aryl methyl sites for hydroxylation is 1. The lowest BCUT2D eigenvalue weighted by Crippen LogP contribution is -2.50. The molecule has 2 aliphatic rings. The maximum Gasteiger partial charge on any atom is 0.355 e. The summed E-state index contributed by atoms with van der Waals surface area (Å²) in [4.78, 5) is 42.3. The highest BCUT2D eigenvalue weighted by Crippen LogP contribution is 2.46. The van der Waals surface area contributed by atoms with Gasteiger partial charge in [0.05, 0.1) is 28.0 Å². The number of fused-ring (bicyclic) bond motifs is 1. The van der Waals surface area contributed by atoms with E-state index >= 15 is 4.39 Å². The molecular weight excluding hydrogens is 523 g/mol. The van der Waals surface area contributed by atoms with E-state index in [1.807, 2.05) is 32.9 Å². The average Bonchev–Trinajstić information content (AvgIpc) is 3.78. The number of rotatable bonds is 6. The molecule has 1 saturated heterocycles. The molecule has 9 nitrogen and oxygen atoms in total. The van der Waals surface area contributed by atoms with E-state index in [9.17, 15) is 14.7 Å². The smallest absolute Gasteiger partial charge is 0.355 e. The topological polar surface area (TPSA) is 113 Å². The van der Waals surface area contributed by atoms with E-state index in [1.165, 1.54) is 16.7 Å². The fourth-order valence-corrected chi connectivity index (χ4v) is 5.77. The quantitative estimate of drug-likeness (QED) is 0.349. The molecule has 4 aromatic rings. The first-order valence-electron chi connectivity index (χ1n) is 14.1. The predicted molar refractivity (Wildman–Crippen MR) is 156 cm³/mol. The number of nitrogens with one attached hydrogen (secondary N) is 1. The maximum absolute atomic E-state index is 15.4. The van der Waals surface area contributed by atoms with Crippen molar-refractivity contribution < 1.29 is 14.3 Å². The van der Waals surface area contributed by atoms with Crippen molar-refractivity contribution in [1.29, 1.82) is 0 Å². The lowest BCUT2D eigenvalue weighted by Gasteiger charge is -2.35. The molecule has 1 atom stereocenters. The number of hydrogen-bond acceptors (Lipinski definition) is 7. The van der Waals surface area contributed by atoms with Crippen molar-refractivity contribution in [2.75, 3.05) is 24.5 Å². The molecule has 6 rings (SSSR count). The van der Waals surface area contributed by atoms with Gasteiger partial charge in [0, 0.05) is 37.4 Å². The highest BCUT2D eigenvalue weighted by molar-refractivity contribution is 5.93. The van der Waals surface area contributed by atoms with Crippen molar-refractivity contribution in [1.82, 2.24) is 24.8 Å². The molecule has 212 valence electrons. The predicted octanol–water partition coefficient (Wildman–Crippen LogP) is 4.79. The third-order valence-electron chi connectivity index (χ3n) is 8.06. The van der Waals surface area contributed by atoms with Gasteiger partial charge in [0.1, 0.15) is 11.6 Å². The minimum atomic E-state index is -1.15. The summed E-state index contributed by atoms with van der Waals surface area (Å²) in [6, 6.07) is 7.68. The van der Waals surface area contributed by atoms with Crippen LogP contribution in [-0.2, 0) is 0 Å². The van der Waals surface area contributed by atoms with E-state index in [2.05, 4.69) is 27.1 Å². The molecule has 10 heteroatoms. The second kappa shape index (κ2) is 10.3. The van der Waals surface area contributed by atoms with Crippen molar-refractivity contribution in [3.63, 3.8) is 0 Å². The van der Waals surface area contributed by atoms with Gasteiger partial charge in [0.2, 0.25) is 0 Å². The molecule has 0 bridgehead atoms. The molecule has 1 unspecified atom stereocenters. The fraction of sp³-hybridized carbons (Fsp3) is 0.387. The largest absolute Gasteiger partial charge is 0.478 e. The molecular formula is C31H33FN6O3. The highest BCUT2D eigenvalue weighted by Gasteiger charge is 2.32. The molecule has 0 amide bonds. The number of anilines is 1. The minimum absolute atomic E-state index is 0.00891. The van der Waals surface area contributed by atoms with E-state index in [0.29, 0.717) is 34.8 Å². The molecule has 0 radical (unpaired) electrons. The summed E-state index contributed by atoms with van der Waals surface area (Å²) in [5.41, 5.74) is 3.30. The van der Waals surface area contributed by atoms with Crippen LogP contribution in [0.1, 0.15) is 72.6 Å². The first-order valence-corrected chi connectivity index (χ1v) is 14.1. The second-order valence-corrected chi connectivity index (χ2v) is 11.4. The molecule has 1 aromatic carbocycles. The monoisotopic (exact) mass is 556 g/mol. The molecule has 4 heterocycles. The summed E-state index contributed by atoms with van der Waals surface area (Å²) in [5, 5.41) is 13.7. The zero-order valence-corrected chi connectivity index (χ0v) is 23.6. The first-order chi connectivity index (χ1) is 19.7. The molecule has 2 fully saturated rings. The van der Waals surface area contributed by atoms with Crippen LogP contribution in [0.4, 0.5) is 10.2 Å². The Labute approximate surface area is 237 Å². The standard InChI is InChI=1S/C31H33FN6O3/c1-16(2)25-27(17(3)9-10-34-25)38-29-23(28(36-31(38)41)37-12-11-33-15-18(37)4)14-21(19-5-6-19)26(35-29)22-13-20(30(39)40)7-8-24(22)32/h7-10,13-14,16,18-19,33H,5-6,11-12,15H2,1-4H3,(H,39,40). The zero-order valence-electron chi connectivity index (χ0n) is 23.6. The molecule has 41 heavy (non-hydrogen) atoms. The number of aromatic nitrogens is 4. The number of piperazine rings is 1. The van der Waals surface area contributed by atoms with E-state index in [4.69, 9.17) is 4.98 Å². The average molecular weight is 557 g/mol. The van der Waals surface area contributed by atoms with E-state index in [-0.39, 0.29) is 29.0 Å². The number of nitrogens with zero attached hydrogens (tertiary/aromatic N) is 5. The number of halogens is 1. The Bertz CT molecular complexity index is 1750. The molecule has 1 aliphatic heterocycles. The summed E-state index contributed by atoms with van der Waals surface area (Å²) >= 11 is 0. The van der Waals surface area contributed by atoms with Gasteiger partial charge in [-0.25, -0.2) is 23.5 Å². The van der Waals surface area contributed by atoms with Crippen molar-refractivity contribution in [3.05, 3.63) is 75.2 Å². The van der Waals surface area contributed by atoms with Crippen LogP contribution in [0.3, 0.4) is 0 Å². The molecule has 3 aromatic heterocycles. The van der Waals surface area contributed by atoms with Gasteiger partial charge in [0.15, 0.2) is 5.65 Å². The summed E-state index contributed by atoms with van der Waals surface area (Å²) in [7, 11) is 0. The Hall–Kier alpha value is -4.18. The lowest BCUT2D eigenvalue weighted by molar-refractivity contribution is 0.0697. The van der Waals surface area contributed by atoms with Crippen LogP contribution in [0.2, 0.25) is 0 Å². The summed E-state index contributed by atoms with van der Waals surface area (Å²) < 4.78 is 16.9. The van der Waals surface area contributed by atoms with Gasteiger partial charge in [-0.1, -0.05) is 13.8 Å². The maximum atomic E-state index is 15.4. The Morgan fingerprint density at radius 1 is 1.17 bits per heavy atom. The molecule has 0 spiro atoms. The summed E-state index contributed by atoms with van der Waals surface area (Å²) in [6.07, 6.45) is 3.57.